The molecule has 3 heterocycles. The van der Waals surface area contributed by atoms with Gasteiger partial charge in [-0.2, -0.15) is 5.10 Å². The Morgan fingerprint density at radius 2 is 2.13 bits per heavy atom. The van der Waals surface area contributed by atoms with Gasteiger partial charge in [0.05, 0.1) is 11.4 Å². The third kappa shape index (κ3) is 3.81. The SMILES string of the molecule is CCn1nccc1-c1cc(CC2CCCN(C(C)C)C2)ccn1. The number of hydrogen-bond donors (Lipinski definition) is 0. The number of piperidine rings is 1. The highest BCUT2D eigenvalue weighted by atomic mass is 15.3. The molecule has 1 unspecified atom stereocenters. The number of pyridine rings is 1. The fourth-order valence-corrected chi connectivity index (χ4v) is 3.61. The molecule has 1 fully saturated rings. The van der Waals surface area contributed by atoms with Crippen LogP contribution < -0.4 is 0 Å². The third-order valence-corrected chi connectivity index (χ3v) is 4.91. The van der Waals surface area contributed by atoms with Gasteiger partial charge in [0.2, 0.25) is 0 Å². The van der Waals surface area contributed by atoms with Gasteiger partial charge in [-0.3, -0.25) is 9.67 Å². The lowest BCUT2D eigenvalue weighted by Crippen LogP contribution is -2.40. The zero-order valence-electron chi connectivity index (χ0n) is 14.6. The first kappa shape index (κ1) is 16.2. The molecule has 3 rings (SSSR count). The molecule has 2 aromatic rings. The summed E-state index contributed by atoms with van der Waals surface area (Å²) in [5.74, 6) is 0.762. The van der Waals surface area contributed by atoms with E-state index in [4.69, 9.17) is 0 Å². The summed E-state index contributed by atoms with van der Waals surface area (Å²) in [5, 5.41) is 4.36. The zero-order valence-corrected chi connectivity index (χ0v) is 14.6. The second kappa shape index (κ2) is 7.26. The molecule has 1 atom stereocenters. The molecule has 0 bridgehead atoms. The fourth-order valence-electron chi connectivity index (χ4n) is 3.61. The van der Waals surface area contributed by atoms with Crippen molar-refractivity contribution in [3.63, 3.8) is 0 Å². The van der Waals surface area contributed by atoms with Crippen LogP contribution >= 0.6 is 0 Å². The molecule has 0 saturated carbocycles. The van der Waals surface area contributed by atoms with Crippen molar-refractivity contribution in [1.29, 1.82) is 0 Å². The number of likely N-dealkylation sites (tertiary alicyclic amines) is 1. The van der Waals surface area contributed by atoms with E-state index in [1.807, 2.05) is 17.1 Å². The van der Waals surface area contributed by atoms with Gasteiger partial charge in [-0.1, -0.05) is 0 Å². The molecule has 1 aliphatic rings. The zero-order chi connectivity index (χ0) is 16.2. The summed E-state index contributed by atoms with van der Waals surface area (Å²) in [6.07, 6.45) is 7.62. The Labute approximate surface area is 139 Å². The van der Waals surface area contributed by atoms with Gasteiger partial charge >= 0.3 is 0 Å². The average Bonchev–Trinajstić information content (AvgIpc) is 3.04. The van der Waals surface area contributed by atoms with Gasteiger partial charge in [-0.05, 0) is 76.3 Å². The molecule has 0 spiro atoms. The Morgan fingerprint density at radius 1 is 1.26 bits per heavy atom. The summed E-state index contributed by atoms with van der Waals surface area (Å²) in [6, 6.07) is 7.13. The largest absolute Gasteiger partial charge is 0.301 e. The van der Waals surface area contributed by atoms with E-state index in [1.165, 1.54) is 31.5 Å². The van der Waals surface area contributed by atoms with Gasteiger partial charge in [0, 0.05) is 31.5 Å². The Bertz CT molecular complexity index is 632. The van der Waals surface area contributed by atoms with Gasteiger partial charge in [0.15, 0.2) is 0 Å². The summed E-state index contributed by atoms with van der Waals surface area (Å²) < 4.78 is 2.01. The number of aryl methyl sites for hydroxylation is 1. The van der Waals surface area contributed by atoms with E-state index in [0.717, 1.165) is 30.3 Å². The van der Waals surface area contributed by atoms with E-state index < -0.39 is 0 Å². The maximum Gasteiger partial charge on any atom is 0.0885 e. The van der Waals surface area contributed by atoms with E-state index in [9.17, 15) is 0 Å². The van der Waals surface area contributed by atoms with Gasteiger partial charge in [-0.15, -0.1) is 0 Å². The molecule has 0 radical (unpaired) electrons. The smallest absolute Gasteiger partial charge is 0.0885 e. The van der Waals surface area contributed by atoms with Crippen LogP contribution in [-0.4, -0.2) is 38.8 Å². The van der Waals surface area contributed by atoms with Crippen molar-refractivity contribution in [2.75, 3.05) is 13.1 Å². The quantitative estimate of drug-likeness (QED) is 0.845. The lowest BCUT2D eigenvalue weighted by molar-refractivity contribution is 0.139. The molecule has 1 saturated heterocycles. The highest BCUT2D eigenvalue weighted by Crippen LogP contribution is 2.24. The standard InChI is InChI=1S/C19H28N4/c1-4-23-19(8-10-21-23)18-13-16(7-9-20-18)12-17-6-5-11-22(14-17)15(2)3/h7-10,13,15,17H,4-6,11-12,14H2,1-3H3. The van der Waals surface area contributed by atoms with Crippen LogP contribution in [0.25, 0.3) is 11.4 Å². The van der Waals surface area contributed by atoms with E-state index in [0.29, 0.717) is 6.04 Å². The van der Waals surface area contributed by atoms with Crippen LogP contribution in [0.4, 0.5) is 0 Å². The molecular formula is C19H28N4. The molecule has 124 valence electrons. The minimum Gasteiger partial charge on any atom is -0.301 e. The molecule has 0 aliphatic carbocycles. The monoisotopic (exact) mass is 312 g/mol. The maximum absolute atomic E-state index is 4.56. The number of hydrogen-bond acceptors (Lipinski definition) is 3. The number of rotatable bonds is 5. The van der Waals surface area contributed by atoms with Crippen molar-refractivity contribution in [1.82, 2.24) is 19.7 Å². The van der Waals surface area contributed by atoms with Crippen LogP contribution in [0, 0.1) is 5.92 Å². The molecule has 4 nitrogen and oxygen atoms in total. The summed E-state index contributed by atoms with van der Waals surface area (Å²) in [7, 11) is 0. The summed E-state index contributed by atoms with van der Waals surface area (Å²) in [4.78, 5) is 7.17. The van der Waals surface area contributed by atoms with E-state index in [2.05, 4.69) is 54.0 Å². The lowest BCUT2D eigenvalue weighted by Gasteiger charge is -2.35. The first-order valence-electron chi connectivity index (χ1n) is 8.88. The molecule has 1 aliphatic heterocycles. The molecule has 0 amide bonds. The minimum absolute atomic E-state index is 0.657. The van der Waals surface area contributed by atoms with Gasteiger partial charge < -0.3 is 4.90 Å². The van der Waals surface area contributed by atoms with Crippen molar-refractivity contribution in [3.05, 3.63) is 36.2 Å². The summed E-state index contributed by atoms with van der Waals surface area (Å²) >= 11 is 0. The first-order valence-corrected chi connectivity index (χ1v) is 8.88. The highest BCUT2D eigenvalue weighted by molar-refractivity contribution is 5.54. The molecule has 0 N–H and O–H groups in total. The Kier molecular flexibility index (Phi) is 5.11. The highest BCUT2D eigenvalue weighted by Gasteiger charge is 2.22. The van der Waals surface area contributed by atoms with Crippen LogP contribution in [0.2, 0.25) is 0 Å². The topological polar surface area (TPSA) is 34.0 Å². The molecule has 23 heavy (non-hydrogen) atoms. The second-order valence-electron chi connectivity index (χ2n) is 6.88. The fraction of sp³-hybridized carbons (Fsp3) is 0.579. The maximum atomic E-state index is 4.56. The average molecular weight is 312 g/mol. The van der Waals surface area contributed by atoms with Crippen molar-refractivity contribution in [3.8, 4) is 11.4 Å². The van der Waals surface area contributed by atoms with Crippen molar-refractivity contribution in [2.24, 2.45) is 5.92 Å². The predicted molar refractivity (Wildman–Crippen MR) is 94.3 cm³/mol. The van der Waals surface area contributed by atoms with Crippen molar-refractivity contribution >= 4 is 0 Å². The second-order valence-corrected chi connectivity index (χ2v) is 6.88. The number of nitrogens with zero attached hydrogens (tertiary/aromatic N) is 4. The van der Waals surface area contributed by atoms with Crippen LogP contribution in [0.15, 0.2) is 30.6 Å². The predicted octanol–water partition coefficient (Wildman–Crippen LogP) is 3.63. The molecular weight excluding hydrogens is 284 g/mol. The summed E-state index contributed by atoms with van der Waals surface area (Å²) in [6.45, 7) is 10.1. The first-order chi connectivity index (χ1) is 11.2. The van der Waals surface area contributed by atoms with Crippen LogP contribution in [0.5, 0.6) is 0 Å². The van der Waals surface area contributed by atoms with Crippen LogP contribution in [0.1, 0.15) is 39.2 Å². The summed E-state index contributed by atoms with van der Waals surface area (Å²) in [5.41, 5.74) is 3.55. The Balaban J connectivity index is 1.73. The molecule has 0 aromatic carbocycles. The van der Waals surface area contributed by atoms with E-state index >= 15 is 0 Å². The molecule has 2 aromatic heterocycles. The van der Waals surface area contributed by atoms with Crippen molar-refractivity contribution in [2.45, 2.75) is 52.6 Å². The van der Waals surface area contributed by atoms with Crippen LogP contribution in [-0.2, 0) is 13.0 Å². The van der Waals surface area contributed by atoms with Gasteiger partial charge in [0.1, 0.15) is 0 Å². The lowest BCUT2D eigenvalue weighted by atomic mass is 9.90. The van der Waals surface area contributed by atoms with Gasteiger partial charge in [0.25, 0.3) is 0 Å². The van der Waals surface area contributed by atoms with E-state index in [1.54, 1.807) is 0 Å². The Hall–Kier alpha value is -1.68. The third-order valence-electron chi connectivity index (χ3n) is 4.91. The van der Waals surface area contributed by atoms with Crippen LogP contribution in [0.3, 0.4) is 0 Å². The normalized spacial score (nSPS) is 19.4. The number of aromatic nitrogens is 3. The molecule has 4 heteroatoms. The van der Waals surface area contributed by atoms with Crippen molar-refractivity contribution < 1.29 is 0 Å². The Morgan fingerprint density at radius 3 is 2.91 bits per heavy atom. The van der Waals surface area contributed by atoms with Gasteiger partial charge in [-0.25, -0.2) is 0 Å². The minimum atomic E-state index is 0.657. The van der Waals surface area contributed by atoms with E-state index in [-0.39, 0.29) is 0 Å².